The highest BCUT2D eigenvalue weighted by Gasteiger charge is 2.48. The molecule has 2 aromatic carbocycles. The van der Waals surface area contributed by atoms with E-state index in [1.54, 1.807) is 42.5 Å². The smallest absolute Gasteiger partial charge is 0.321 e. The molecule has 6 heteroatoms. The summed E-state index contributed by atoms with van der Waals surface area (Å²) in [4.78, 5) is 36.1. The third-order valence-electron chi connectivity index (χ3n) is 4.04. The first-order chi connectivity index (χ1) is 11.9. The van der Waals surface area contributed by atoms with Crippen LogP contribution < -0.4 is 4.74 Å². The van der Waals surface area contributed by atoms with Crippen molar-refractivity contribution in [3.8, 4) is 5.75 Å². The molecule has 0 aliphatic carbocycles. The molecule has 0 saturated heterocycles. The number of ether oxygens (including phenoxy) is 1. The number of aliphatic carboxylic acids is 2. The van der Waals surface area contributed by atoms with Crippen molar-refractivity contribution in [2.45, 2.75) is 12.8 Å². The minimum atomic E-state index is -2.22. The molecule has 0 atom stereocenters. The van der Waals surface area contributed by atoms with Crippen molar-refractivity contribution in [1.29, 1.82) is 0 Å². The van der Waals surface area contributed by atoms with Crippen molar-refractivity contribution in [3.63, 3.8) is 0 Å². The summed E-state index contributed by atoms with van der Waals surface area (Å²) in [7, 11) is 1.48. The lowest BCUT2D eigenvalue weighted by Gasteiger charge is -2.24. The van der Waals surface area contributed by atoms with Gasteiger partial charge in [-0.25, -0.2) is 0 Å². The van der Waals surface area contributed by atoms with Gasteiger partial charge in [0.2, 0.25) is 0 Å². The van der Waals surface area contributed by atoms with Crippen molar-refractivity contribution in [2.75, 3.05) is 7.11 Å². The number of methoxy groups -OCH3 is 1. The maximum atomic E-state index is 12.5. The summed E-state index contributed by atoms with van der Waals surface area (Å²) in [6.45, 7) is 0. The van der Waals surface area contributed by atoms with Crippen LogP contribution in [0.15, 0.2) is 54.6 Å². The number of ketones is 1. The van der Waals surface area contributed by atoms with E-state index >= 15 is 0 Å². The van der Waals surface area contributed by atoms with Gasteiger partial charge in [-0.05, 0) is 36.2 Å². The first-order valence-electron chi connectivity index (χ1n) is 7.57. The lowest BCUT2D eigenvalue weighted by molar-refractivity contribution is -0.164. The van der Waals surface area contributed by atoms with E-state index in [0.717, 1.165) is 0 Å². The molecule has 0 aliphatic rings. The van der Waals surface area contributed by atoms with E-state index in [-0.39, 0.29) is 12.0 Å². The molecule has 0 heterocycles. The molecule has 0 aromatic heterocycles. The van der Waals surface area contributed by atoms with Gasteiger partial charge in [0, 0.05) is 12.0 Å². The van der Waals surface area contributed by atoms with Crippen molar-refractivity contribution in [2.24, 2.45) is 5.41 Å². The Bertz CT molecular complexity index is 750. The zero-order valence-corrected chi connectivity index (χ0v) is 13.6. The molecule has 130 valence electrons. The van der Waals surface area contributed by atoms with Crippen LogP contribution in [-0.2, 0) is 16.0 Å². The van der Waals surface area contributed by atoms with Gasteiger partial charge in [0.15, 0.2) is 11.2 Å². The minimum Gasteiger partial charge on any atom is -0.497 e. The van der Waals surface area contributed by atoms with Gasteiger partial charge in [-0.15, -0.1) is 0 Å². The zero-order chi connectivity index (χ0) is 18.4. The van der Waals surface area contributed by atoms with Gasteiger partial charge in [-0.2, -0.15) is 0 Å². The van der Waals surface area contributed by atoms with Crippen molar-refractivity contribution in [1.82, 2.24) is 0 Å². The molecular weight excluding hydrogens is 324 g/mol. The Morgan fingerprint density at radius 2 is 1.48 bits per heavy atom. The van der Waals surface area contributed by atoms with E-state index < -0.39 is 29.6 Å². The van der Waals surface area contributed by atoms with Crippen LogP contribution in [-0.4, -0.2) is 35.0 Å². The molecule has 0 amide bonds. The van der Waals surface area contributed by atoms with Crippen LogP contribution >= 0.6 is 0 Å². The van der Waals surface area contributed by atoms with Gasteiger partial charge >= 0.3 is 11.9 Å². The highest BCUT2D eigenvalue weighted by atomic mass is 16.5. The molecule has 6 nitrogen and oxygen atoms in total. The highest BCUT2D eigenvalue weighted by Crippen LogP contribution is 2.30. The van der Waals surface area contributed by atoms with Crippen LogP contribution in [0.3, 0.4) is 0 Å². The molecule has 0 spiro atoms. The Balaban J connectivity index is 2.33. The van der Waals surface area contributed by atoms with E-state index in [9.17, 15) is 24.6 Å². The molecule has 2 aromatic rings. The van der Waals surface area contributed by atoms with Crippen molar-refractivity contribution < 1.29 is 29.3 Å². The number of carboxylic acids is 2. The van der Waals surface area contributed by atoms with Crippen LogP contribution in [0.1, 0.15) is 22.3 Å². The number of carbonyl (C=O) groups is 3. The minimum absolute atomic E-state index is 0.237. The molecular formula is C19H18O6. The van der Waals surface area contributed by atoms with Gasteiger partial charge in [0.1, 0.15) is 5.75 Å². The van der Waals surface area contributed by atoms with Crippen molar-refractivity contribution in [3.05, 3.63) is 65.7 Å². The molecule has 0 unspecified atom stereocenters. The lowest BCUT2D eigenvalue weighted by Crippen LogP contribution is -2.43. The predicted octanol–water partition coefficient (Wildman–Crippen LogP) is 2.67. The number of carboxylic acid groups (broad SMARTS) is 2. The number of rotatable bonds is 8. The van der Waals surface area contributed by atoms with Gasteiger partial charge in [-0.3, -0.25) is 14.4 Å². The summed E-state index contributed by atoms with van der Waals surface area (Å²) < 4.78 is 5.01. The third-order valence-corrected chi connectivity index (χ3v) is 4.04. The molecule has 0 fully saturated rings. The van der Waals surface area contributed by atoms with E-state index in [1.807, 2.05) is 0 Å². The lowest BCUT2D eigenvalue weighted by atomic mass is 9.76. The van der Waals surface area contributed by atoms with Gasteiger partial charge < -0.3 is 14.9 Å². The average molecular weight is 342 g/mol. The van der Waals surface area contributed by atoms with Gasteiger partial charge in [0.25, 0.3) is 0 Å². The summed E-state index contributed by atoms with van der Waals surface area (Å²) in [5.41, 5.74) is -1.45. The number of hydrogen-bond acceptors (Lipinski definition) is 4. The molecule has 0 bridgehead atoms. The maximum Gasteiger partial charge on any atom is 0.321 e. The fourth-order valence-corrected chi connectivity index (χ4v) is 2.55. The van der Waals surface area contributed by atoms with Crippen molar-refractivity contribution >= 4 is 17.7 Å². The third kappa shape index (κ3) is 4.03. The first kappa shape index (κ1) is 18.2. The Hall–Kier alpha value is -3.15. The van der Waals surface area contributed by atoms with E-state index in [1.165, 1.54) is 19.2 Å². The standard InChI is InChI=1S/C19H18O6/c1-25-15-9-7-14(8-10-15)16(20)12-19(17(21)22,18(23)24)11-13-5-3-2-4-6-13/h2-10H,11-12H2,1H3,(H,21,22)(H,23,24). The largest absolute Gasteiger partial charge is 0.497 e. The Morgan fingerprint density at radius 3 is 1.96 bits per heavy atom. The quantitative estimate of drug-likeness (QED) is 0.565. The second-order valence-electron chi connectivity index (χ2n) is 5.68. The van der Waals surface area contributed by atoms with E-state index in [4.69, 9.17) is 4.74 Å². The molecule has 0 aliphatic heterocycles. The summed E-state index contributed by atoms with van der Waals surface area (Å²) in [5, 5.41) is 19.2. The highest BCUT2D eigenvalue weighted by molar-refractivity contribution is 6.06. The van der Waals surface area contributed by atoms with Crippen LogP contribution in [0.5, 0.6) is 5.75 Å². The average Bonchev–Trinajstić information content (AvgIpc) is 2.61. The monoisotopic (exact) mass is 342 g/mol. The van der Waals surface area contributed by atoms with Crippen LogP contribution in [0.4, 0.5) is 0 Å². The second kappa shape index (κ2) is 7.61. The summed E-state index contributed by atoms with van der Waals surface area (Å²) in [5.74, 6) is -3.08. The Labute approximate surface area is 144 Å². The van der Waals surface area contributed by atoms with Gasteiger partial charge in [0.05, 0.1) is 7.11 Å². The number of hydrogen-bond donors (Lipinski definition) is 2. The summed E-state index contributed by atoms with van der Waals surface area (Å²) in [6.07, 6.45) is -0.917. The molecule has 2 rings (SSSR count). The van der Waals surface area contributed by atoms with E-state index in [2.05, 4.69) is 0 Å². The van der Waals surface area contributed by atoms with E-state index in [0.29, 0.717) is 11.3 Å². The van der Waals surface area contributed by atoms with Crippen LogP contribution in [0.2, 0.25) is 0 Å². The summed E-state index contributed by atoms with van der Waals surface area (Å²) >= 11 is 0. The first-order valence-corrected chi connectivity index (χ1v) is 7.57. The number of benzene rings is 2. The molecule has 0 radical (unpaired) electrons. The Kier molecular flexibility index (Phi) is 5.54. The van der Waals surface area contributed by atoms with Crippen LogP contribution in [0, 0.1) is 5.41 Å². The fourth-order valence-electron chi connectivity index (χ4n) is 2.55. The fraction of sp³-hybridized carbons (Fsp3) is 0.211. The number of Topliss-reactive ketones (excluding diaryl/α,β-unsaturated/α-hetero) is 1. The number of carbonyl (C=O) groups excluding carboxylic acids is 1. The normalized spacial score (nSPS) is 10.9. The maximum absolute atomic E-state index is 12.5. The molecule has 0 saturated carbocycles. The van der Waals surface area contributed by atoms with Gasteiger partial charge in [-0.1, -0.05) is 30.3 Å². The SMILES string of the molecule is COc1ccc(C(=O)CC(Cc2ccccc2)(C(=O)O)C(=O)O)cc1. The summed E-state index contributed by atoms with van der Waals surface area (Å²) in [6, 6.07) is 14.5. The predicted molar refractivity (Wildman–Crippen MR) is 89.8 cm³/mol. The van der Waals surface area contributed by atoms with Crippen LogP contribution in [0.25, 0.3) is 0 Å². The topological polar surface area (TPSA) is 101 Å². The second-order valence-corrected chi connectivity index (χ2v) is 5.68. The molecule has 2 N–H and O–H groups in total. The molecule has 25 heavy (non-hydrogen) atoms. The zero-order valence-electron chi connectivity index (χ0n) is 13.6. The Morgan fingerprint density at radius 1 is 0.920 bits per heavy atom.